The fraction of sp³-hybridized carbons (Fsp3) is 0.500. The molecule has 0 saturated carbocycles. The number of hydrogen-bond donors (Lipinski definition) is 0. The Labute approximate surface area is 532 Å². The SMILES string of the molecule is CCCCCCCCCCCCCC[C@@H](OCc1ccc(OC)cc1)[C@@H](OCc1ccc(OC)cc1)[C@H](CO[C@H]1O[C@H](COCc2ccccc2)[C@H](OCc2ccccc2)[C@H](OCc2ccccc2)[C@H]1OCc1ccccc1)n1cc(CCCCCC)nn1. The maximum atomic E-state index is 7.44. The van der Waals surface area contributed by atoms with Crippen LogP contribution in [0.15, 0.2) is 176 Å². The van der Waals surface area contributed by atoms with Crippen molar-refractivity contribution in [3.8, 4) is 11.5 Å². The summed E-state index contributed by atoms with van der Waals surface area (Å²) >= 11 is 0. The minimum Gasteiger partial charge on any atom is -0.497 e. The normalized spacial score (nSPS) is 17.7. The van der Waals surface area contributed by atoms with Crippen molar-refractivity contribution in [2.24, 2.45) is 0 Å². The maximum Gasteiger partial charge on any atom is 0.187 e. The molecule has 0 spiro atoms. The first-order chi connectivity index (χ1) is 44.0. The van der Waals surface area contributed by atoms with Gasteiger partial charge < -0.3 is 47.4 Å². The molecule has 1 aromatic heterocycles. The summed E-state index contributed by atoms with van der Waals surface area (Å²) in [5.41, 5.74) is 7.02. The molecule has 7 aromatic rings. The lowest BCUT2D eigenvalue weighted by Crippen LogP contribution is -2.62. The molecule has 13 nitrogen and oxygen atoms in total. The Morgan fingerprint density at radius 1 is 0.438 bits per heavy atom. The van der Waals surface area contributed by atoms with Gasteiger partial charge in [-0.05, 0) is 76.9 Å². The van der Waals surface area contributed by atoms with Crippen molar-refractivity contribution >= 4 is 0 Å². The minimum absolute atomic E-state index is 0.0845. The lowest BCUT2D eigenvalue weighted by atomic mass is 9.97. The molecule has 0 amide bonds. The van der Waals surface area contributed by atoms with Gasteiger partial charge in [0.2, 0.25) is 0 Å². The summed E-state index contributed by atoms with van der Waals surface area (Å²) in [7, 11) is 3.38. The third kappa shape index (κ3) is 24.1. The molecule has 2 heterocycles. The van der Waals surface area contributed by atoms with Crippen molar-refractivity contribution in [3.63, 3.8) is 0 Å². The Morgan fingerprint density at radius 3 is 1.38 bits per heavy atom. The Kier molecular flexibility index (Phi) is 31.2. The van der Waals surface area contributed by atoms with Crippen LogP contribution in [0.1, 0.15) is 168 Å². The van der Waals surface area contributed by atoms with Crippen LogP contribution in [-0.2, 0) is 84.0 Å². The van der Waals surface area contributed by atoms with Gasteiger partial charge >= 0.3 is 0 Å². The molecular weight excluding hydrogens is 1110 g/mol. The van der Waals surface area contributed by atoms with Crippen molar-refractivity contribution < 1.29 is 47.4 Å². The molecule has 1 fully saturated rings. The van der Waals surface area contributed by atoms with Crippen LogP contribution in [0.3, 0.4) is 0 Å². The fourth-order valence-electron chi connectivity index (χ4n) is 11.6. The monoisotopic (exact) mass is 1220 g/mol. The van der Waals surface area contributed by atoms with Gasteiger partial charge in [-0.2, -0.15) is 0 Å². The molecule has 1 aliphatic heterocycles. The van der Waals surface area contributed by atoms with Crippen LogP contribution in [0.5, 0.6) is 11.5 Å². The summed E-state index contributed by atoms with van der Waals surface area (Å²) in [6, 6.07) is 56.4. The quantitative estimate of drug-likeness (QED) is 0.0338. The molecule has 480 valence electrons. The second-order valence-corrected chi connectivity index (χ2v) is 23.7. The van der Waals surface area contributed by atoms with Crippen molar-refractivity contribution in [1.29, 1.82) is 0 Å². The highest BCUT2D eigenvalue weighted by Gasteiger charge is 2.50. The molecule has 8 atom stereocenters. The Bertz CT molecular complexity index is 2880. The predicted molar refractivity (Wildman–Crippen MR) is 352 cm³/mol. The third-order valence-electron chi connectivity index (χ3n) is 16.8. The van der Waals surface area contributed by atoms with Crippen molar-refractivity contribution in [3.05, 3.63) is 215 Å². The van der Waals surface area contributed by atoms with Gasteiger partial charge in [0, 0.05) is 6.20 Å². The van der Waals surface area contributed by atoms with Crippen molar-refractivity contribution in [2.45, 2.75) is 218 Å². The number of aryl methyl sites for hydroxylation is 1. The zero-order chi connectivity index (χ0) is 61.8. The number of nitrogens with zero attached hydrogens (tertiary/aromatic N) is 3. The summed E-state index contributed by atoms with van der Waals surface area (Å²) in [5.74, 6) is 1.57. The van der Waals surface area contributed by atoms with E-state index in [-0.39, 0.29) is 19.8 Å². The van der Waals surface area contributed by atoms with Gasteiger partial charge in [0.15, 0.2) is 6.29 Å². The zero-order valence-corrected chi connectivity index (χ0v) is 53.7. The first-order valence-corrected chi connectivity index (χ1v) is 33.2. The van der Waals surface area contributed by atoms with Gasteiger partial charge in [0.05, 0.1) is 78.9 Å². The number of ether oxygens (including phenoxy) is 10. The van der Waals surface area contributed by atoms with E-state index in [2.05, 4.69) is 92.8 Å². The molecule has 0 N–H and O–H groups in total. The van der Waals surface area contributed by atoms with Crippen LogP contribution in [-0.4, -0.2) is 85.3 Å². The topological polar surface area (TPSA) is 123 Å². The van der Waals surface area contributed by atoms with E-state index in [0.29, 0.717) is 33.0 Å². The number of methoxy groups -OCH3 is 2. The van der Waals surface area contributed by atoms with Gasteiger partial charge in [-0.25, -0.2) is 4.68 Å². The molecule has 6 aromatic carbocycles. The summed E-state index contributed by atoms with van der Waals surface area (Å²) in [4.78, 5) is 0. The van der Waals surface area contributed by atoms with Gasteiger partial charge in [0.1, 0.15) is 48.1 Å². The van der Waals surface area contributed by atoms with Gasteiger partial charge in [-0.1, -0.05) is 261 Å². The number of aromatic nitrogens is 3. The minimum atomic E-state index is -0.988. The van der Waals surface area contributed by atoms with Crippen LogP contribution >= 0.6 is 0 Å². The fourth-order valence-corrected chi connectivity index (χ4v) is 11.6. The second-order valence-electron chi connectivity index (χ2n) is 23.7. The smallest absolute Gasteiger partial charge is 0.187 e. The molecule has 8 rings (SSSR count). The standard InChI is InChI=1S/C76H101N3O10/c1-5-7-9-11-12-13-14-15-16-17-18-32-42-70(83-53-64-43-47-67(80-3)48-44-64)72(84-57-65-45-49-68(81-4)50-46-65)69(79-51-66(77-78-79)41-31-10-8-6-2)58-88-76-75(87-56-63-39-29-22-30-40-63)74(86-55-62-37-27-21-28-38-62)73(85-54-61-35-25-20-26-36-61)71(89-76)59-82-52-60-33-23-19-24-34-60/h19-30,33-40,43-51,69-76H,5-18,31-32,41-42,52-59H2,1-4H3/t69-,70+,71+,72-,73-,74-,75+,76-/m0/s1. The van der Waals surface area contributed by atoms with Gasteiger partial charge in [-0.15, -0.1) is 5.10 Å². The van der Waals surface area contributed by atoms with Crippen LogP contribution in [0.4, 0.5) is 0 Å². The van der Waals surface area contributed by atoms with E-state index in [1.807, 2.05) is 102 Å². The van der Waals surface area contributed by atoms with E-state index < -0.39 is 49.0 Å². The Balaban J connectivity index is 1.16. The molecule has 0 unspecified atom stereocenters. The maximum absolute atomic E-state index is 7.44. The van der Waals surface area contributed by atoms with E-state index in [0.717, 1.165) is 95.5 Å². The van der Waals surface area contributed by atoms with E-state index in [9.17, 15) is 0 Å². The molecule has 0 aliphatic carbocycles. The molecule has 1 aliphatic rings. The number of rotatable bonds is 45. The lowest BCUT2D eigenvalue weighted by Gasteiger charge is -2.46. The molecule has 89 heavy (non-hydrogen) atoms. The molecule has 0 radical (unpaired) electrons. The molecular formula is C76H101N3O10. The largest absolute Gasteiger partial charge is 0.497 e. The summed E-state index contributed by atoms with van der Waals surface area (Å²) < 4.78 is 70.5. The van der Waals surface area contributed by atoms with E-state index in [1.165, 1.54) is 70.6 Å². The highest BCUT2D eigenvalue weighted by molar-refractivity contribution is 5.28. The zero-order valence-electron chi connectivity index (χ0n) is 53.7. The van der Waals surface area contributed by atoms with Gasteiger partial charge in [0.25, 0.3) is 0 Å². The van der Waals surface area contributed by atoms with E-state index in [1.54, 1.807) is 14.2 Å². The summed E-state index contributed by atoms with van der Waals surface area (Å²) in [5, 5.41) is 9.82. The first kappa shape index (κ1) is 68.6. The van der Waals surface area contributed by atoms with Gasteiger partial charge in [-0.3, -0.25) is 0 Å². The van der Waals surface area contributed by atoms with Crippen LogP contribution in [0.25, 0.3) is 0 Å². The van der Waals surface area contributed by atoms with Crippen LogP contribution < -0.4 is 9.47 Å². The van der Waals surface area contributed by atoms with Crippen LogP contribution in [0, 0.1) is 0 Å². The number of unbranched alkanes of at least 4 members (excludes halogenated alkanes) is 14. The highest BCUT2D eigenvalue weighted by atomic mass is 16.7. The first-order valence-electron chi connectivity index (χ1n) is 33.2. The number of hydrogen-bond acceptors (Lipinski definition) is 12. The highest BCUT2D eigenvalue weighted by Crippen LogP contribution is 2.35. The average molecular weight is 1220 g/mol. The Hall–Kier alpha value is -6.26. The average Bonchev–Trinajstić information content (AvgIpc) is 1.46. The summed E-state index contributed by atoms with van der Waals surface area (Å²) in [6.07, 6.45) is 18.3. The number of benzene rings is 6. The molecule has 1 saturated heterocycles. The third-order valence-corrected chi connectivity index (χ3v) is 16.8. The predicted octanol–water partition coefficient (Wildman–Crippen LogP) is 16.9. The second kappa shape index (κ2) is 40.5. The van der Waals surface area contributed by atoms with E-state index >= 15 is 0 Å². The van der Waals surface area contributed by atoms with E-state index in [4.69, 9.17) is 57.7 Å². The van der Waals surface area contributed by atoms with Crippen molar-refractivity contribution in [1.82, 2.24) is 15.0 Å². The lowest BCUT2D eigenvalue weighted by molar-refractivity contribution is -0.331. The summed E-state index contributed by atoms with van der Waals surface area (Å²) in [6.45, 7) is 6.69. The van der Waals surface area contributed by atoms with Crippen LogP contribution in [0.2, 0.25) is 0 Å². The Morgan fingerprint density at radius 2 is 0.876 bits per heavy atom. The molecule has 13 heteroatoms. The van der Waals surface area contributed by atoms with Crippen molar-refractivity contribution in [2.75, 3.05) is 27.4 Å². The molecule has 0 bridgehead atoms.